The first-order valence-electron chi connectivity index (χ1n) is 3.53. The SMILES string of the molecule is O=COCc1nc(CBr)ccc1Br. The molecule has 1 rings (SSSR count). The molecule has 0 aliphatic rings. The van der Waals surface area contributed by atoms with E-state index in [9.17, 15) is 4.79 Å². The molecule has 0 fully saturated rings. The van der Waals surface area contributed by atoms with Gasteiger partial charge in [0.15, 0.2) is 0 Å². The van der Waals surface area contributed by atoms with Crippen LogP contribution in [-0.4, -0.2) is 11.5 Å². The molecule has 13 heavy (non-hydrogen) atoms. The Morgan fingerprint density at radius 1 is 1.54 bits per heavy atom. The van der Waals surface area contributed by atoms with Gasteiger partial charge in [0.05, 0.1) is 11.4 Å². The molecule has 0 aliphatic carbocycles. The molecule has 0 unspecified atom stereocenters. The zero-order valence-corrected chi connectivity index (χ0v) is 9.84. The number of hydrogen-bond donors (Lipinski definition) is 0. The first kappa shape index (κ1) is 10.7. The lowest BCUT2D eigenvalue weighted by atomic mass is 10.3. The first-order valence-corrected chi connectivity index (χ1v) is 5.45. The predicted octanol–water partition coefficient (Wildman–Crippen LogP) is 2.41. The maximum Gasteiger partial charge on any atom is 0.293 e. The van der Waals surface area contributed by atoms with Gasteiger partial charge in [-0.1, -0.05) is 15.9 Å². The Labute approximate surface area is 92.8 Å². The van der Waals surface area contributed by atoms with Crippen LogP contribution in [0.4, 0.5) is 0 Å². The van der Waals surface area contributed by atoms with E-state index in [1.165, 1.54) is 0 Å². The molecule has 0 bridgehead atoms. The van der Waals surface area contributed by atoms with E-state index in [0.29, 0.717) is 11.8 Å². The predicted molar refractivity (Wildman–Crippen MR) is 55.4 cm³/mol. The van der Waals surface area contributed by atoms with Gasteiger partial charge in [0, 0.05) is 9.80 Å². The molecule has 0 spiro atoms. The monoisotopic (exact) mass is 307 g/mol. The number of carbonyl (C=O) groups is 1. The van der Waals surface area contributed by atoms with Crippen LogP contribution in [0, 0.1) is 0 Å². The van der Waals surface area contributed by atoms with Crippen LogP contribution in [0.5, 0.6) is 0 Å². The van der Waals surface area contributed by atoms with Gasteiger partial charge >= 0.3 is 0 Å². The van der Waals surface area contributed by atoms with Crippen molar-refractivity contribution in [2.75, 3.05) is 0 Å². The van der Waals surface area contributed by atoms with Gasteiger partial charge in [0.25, 0.3) is 6.47 Å². The number of rotatable bonds is 4. The summed E-state index contributed by atoms with van der Waals surface area (Å²) in [6.45, 7) is 0.611. The van der Waals surface area contributed by atoms with Crippen LogP contribution >= 0.6 is 31.9 Å². The molecular weight excluding hydrogens is 302 g/mol. The number of nitrogens with zero attached hydrogens (tertiary/aromatic N) is 1. The van der Waals surface area contributed by atoms with Crippen molar-refractivity contribution >= 4 is 38.3 Å². The number of pyridine rings is 1. The van der Waals surface area contributed by atoms with E-state index in [-0.39, 0.29) is 6.61 Å². The molecule has 5 heteroatoms. The van der Waals surface area contributed by atoms with Crippen molar-refractivity contribution < 1.29 is 9.53 Å². The van der Waals surface area contributed by atoms with Crippen LogP contribution in [0.1, 0.15) is 11.4 Å². The lowest BCUT2D eigenvalue weighted by Gasteiger charge is -2.03. The molecule has 1 heterocycles. The minimum Gasteiger partial charge on any atom is -0.461 e. The second-order valence-electron chi connectivity index (χ2n) is 2.27. The molecule has 0 N–H and O–H groups in total. The van der Waals surface area contributed by atoms with Crippen molar-refractivity contribution in [1.82, 2.24) is 4.98 Å². The molecule has 0 saturated heterocycles. The zero-order valence-electron chi connectivity index (χ0n) is 6.67. The molecule has 0 aromatic carbocycles. The summed E-state index contributed by atoms with van der Waals surface area (Å²) in [5.41, 5.74) is 1.64. The number of halogens is 2. The molecule has 3 nitrogen and oxygen atoms in total. The molecular formula is C8H7Br2NO2. The van der Waals surface area contributed by atoms with Gasteiger partial charge in [-0.3, -0.25) is 9.78 Å². The number of aromatic nitrogens is 1. The lowest BCUT2D eigenvalue weighted by Crippen LogP contribution is -1.97. The summed E-state index contributed by atoms with van der Waals surface area (Å²) in [4.78, 5) is 14.2. The summed E-state index contributed by atoms with van der Waals surface area (Å²) in [6, 6.07) is 3.77. The normalized spacial score (nSPS) is 9.69. The number of hydrogen-bond acceptors (Lipinski definition) is 3. The Bertz CT molecular complexity index is 304. The third kappa shape index (κ3) is 3.08. The zero-order chi connectivity index (χ0) is 9.68. The number of ether oxygens (including phenoxy) is 1. The van der Waals surface area contributed by atoms with E-state index in [1.54, 1.807) is 0 Å². The number of carbonyl (C=O) groups excluding carboxylic acids is 1. The quantitative estimate of drug-likeness (QED) is 0.633. The summed E-state index contributed by atoms with van der Waals surface area (Å²) < 4.78 is 5.46. The topological polar surface area (TPSA) is 39.2 Å². The van der Waals surface area contributed by atoms with E-state index < -0.39 is 0 Å². The van der Waals surface area contributed by atoms with E-state index in [0.717, 1.165) is 15.9 Å². The van der Waals surface area contributed by atoms with Crippen molar-refractivity contribution in [3.63, 3.8) is 0 Å². The summed E-state index contributed by atoms with van der Waals surface area (Å²) in [5.74, 6) is 0. The molecule has 0 amide bonds. The fourth-order valence-electron chi connectivity index (χ4n) is 0.818. The van der Waals surface area contributed by atoms with Crippen LogP contribution in [0.15, 0.2) is 16.6 Å². The van der Waals surface area contributed by atoms with Crippen molar-refractivity contribution in [2.45, 2.75) is 11.9 Å². The summed E-state index contributed by atoms with van der Waals surface area (Å²) in [7, 11) is 0. The standard InChI is InChI=1S/C8H7Br2NO2/c9-3-6-1-2-7(10)8(11-6)4-13-5-12/h1-2,5H,3-4H2. The van der Waals surface area contributed by atoms with Gasteiger partial charge < -0.3 is 4.74 Å². The summed E-state index contributed by atoms with van der Waals surface area (Å²) in [5, 5.41) is 0.689. The molecule has 1 aromatic heterocycles. The van der Waals surface area contributed by atoms with Gasteiger partial charge in [0.2, 0.25) is 0 Å². The van der Waals surface area contributed by atoms with E-state index in [4.69, 9.17) is 0 Å². The molecule has 0 atom stereocenters. The second-order valence-corrected chi connectivity index (χ2v) is 3.69. The highest BCUT2D eigenvalue weighted by Gasteiger charge is 2.02. The fourth-order valence-corrected chi connectivity index (χ4v) is 1.47. The van der Waals surface area contributed by atoms with E-state index in [2.05, 4.69) is 41.6 Å². The van der Waals surface area contributed by atoms with E-state index in [1.807, 2.05) is 12.1 Å². The van der Waals surface area contributed by atoms with Crippen molar-refractivity contribution in [3.8, 4) is 0 Å². The smallest absolute Gasteiger partial charge is 0.293 e. The van der Waals surface area contributed by atoms with Crippen LogP contribution in [0.25, 0.3) is 0 Å². The minimum atomic E-state index is 0.199. The van der Waals surface area contributed by atoms with Gasteiger partial charge in [-0.05, 0) is 28.1 Å². The maximum absolute atomic E-state index is 9.97. The van der Waals surface area contributed by atoms with Gasteiger partial charge in [-0.2, -0.15) is 0 Å². The van der Waals surface area contributed by atoms with Crippen molar-refractivity contribution in [3.05, 3.63) is 28.0 Å². The molecule has 70 valence electrons. The Kier molecular flexibility index (Phi) is 4.38. The first-order chi connectivity index (χ1) is 6.27. The lowest BCUT2D eigenvalue weighted by molar-refractivity contribution is -0.129. The summed E-state index contributed by atoms with van der Waals surface area (Å²) >= 11 is 6.61. The maximum atomic E-state index is 9.97. The minimum absolute atomic E-state index is 0.199. The van der Waals surface area contributed by atoms with Gasteiger partial charge in [0.1, 0.15) is 6.61 Å². The highest BCUT2D eigenvalue weighted by molar-refractivity contribution is 9.10. The third-order valence-electron chi connectivity index (χ3n) is 1.40. The average molecular weight is 309 g/mol. The molecule has 0 saturated carbocycles. The highest BCUT2D eigenvalue weighted by Crippen LogP contribution is 2.16. The van der Waals surface area contributed by atoms with Crippen LogP contribution in [0.2, 0.25) is 0 Å². The van der Waals surface area contributed by atoms with Crippen LogP contribution in [-0.2, 0) is 21.5 Å². The number of alkyl halides is 1. The molecule has 0 aliphatic heterocycles. The Morgan fingerprint density at radius 2 is 2.31 bits per heavy atom. The Hall–Kier alpha value is -0.420. The largest absolute Gasteiger partial charge is 0.461 e. The Morgan fingerprint density at radius 3 is 2.92 bits per heavy atom. The van der Waals surface area contributed by atoms with E-state index >= 15 is 0 Å². The fraction of sp³-hybridized carbons (Fsp3) is 0.250. The Balaban J connectivity index is 2.83. The molecule has 1 aromatic rings. The second kappa shape index (κ2) is 5.34. The molecule has 0 radical (unpaired) electrons. The summed E-state index contributed by atoms with van der Waals surface area (Å²) in [6.07, 6.45) is 0. The highest BCUT2D eigenvalue weighted by atomic mass is 79.9. The van der Waals surface area contributed by atoms with Gasteiger partial charge in [-0.15, -0.1) is 0 Å². The van der Waals surface area contributed by atoms with Gasteiger partial charge in [-0.25, -0.2) is 0 Å². The van der Waals surface area contributed by atoms with Crippen molar-refractivity contribution in [1.29, 1.82) is 0 Å². The van der Waals surface area contributed by atoms with Crippen molar-refractivity contribution in [2.24, 2.45) is 0 Å². The van der Waals surface area contributed by atoms with Crippen LogP contribution < -0.4 is 0 Å². The average Bonchev–Trinajstić information content (AvgIpc) is 2.17. The van der Waals surface area contributed by atoms with Crippen LogP contribution in [0.3, 0.4) is 0 Å². The third-order valence-corrected chi connectivity index (χ3v) is 2.70.